The summed E-state index contributed by atoms with van der Waals surface area (Å²) in [5, 5.41) is 11.2. The second-order valence-corrected chi connectivity index (χ2v) is 10.7. The Hall–Kier alpha value is -0.0800. The van der Waals surface area contributed by atoms with Gasteiger partial charge in [0.25, 0.3) is 0 Å². The Morgan fingerprint density at radius 2 is 1.10 bits per heavy atom. The third-order valence-corrected chi connectivity index (χ3v) is 9.59. The number of aliphatic hydroxyl groups is 1. The van der Waals surface area contributed by atoms with E-state index >= 15 is 0 Å². The summed E-state index contributed by atoms with van der Waals surface area (Å²) >= 11 is 0. The highest BCUT2D eigenvalue weighted by atomic mass is 16.5. The predicted octanol–water partition coefficient (Wildman–Crippen LogP) is 2.41. The number of hydrogen-bond acceptors (Lipinski definition) is 2. The smallest absolute Gasteiger partial charge is 0.0687 e. The average molecular weight is 286 g/mol. The van der Waals surface area contributed by atoms with Crippen LogP contribution in [0.25, 0.3) is 0 Å². The fourth-order valence-electron chi connectivity index (χ4n) is 10.5. The molecule has 2 nitrogen and oxygen atoms in total. The van der Waals surface area contributed by atoms with Gasteiger partial charge in [-0.1, -0.05) is 0 Å². The van der Waals surface area contributed by atoms with Crippen LogP contribution < -0.4 is 0 Å². The van der Waals surface area contributed by atoms with Gasteiger partial charge >= 0.3 is 0 Å². The number of hydrogen-bond donors (Lipinski definition) is 1. The summed E-state index contributed by atoms with van der Waals surface area (Å²) in [6, 6.07) is 0. The summed E-state index contributed by atoms with van der Waals surface area (Å²) in [6.45, 7) is 8.90. The first-order valence-electron chi connectivity index (χ1n) is 9.24. The first-order chi connectivity index (χ1) is 9.84. The van der Waals surface area contributed by atoms with Crippen molar-refractivity contribution in [2.75, 3.05) is 0 Å². The quantitative estimate of drug-likeness (QED) is 0.802. The lowest BCUT2D eigenvalue weighted by atomic mass is 9.80. The second-order valence-electron chi connectivity index (χ2n) is 10.7. The molecule has 8 aliphatic carbocycles. The van der Waals surface area contributed by atoms with E-state index in [4.69, 9.17) is 4.74 Å². The Bertz CT molecular complexity index is 515. The van der Waals surface area contributed by atoms with Gasteiger partial charge in [0, 0.05) is 0 Å². The Kier molecular flexibility index (Phi) is 1.44. The summed E-state index contributed by atoms with van der Waals surface area (Å²) in [5.41, 5.74) is -0.296. The second kappa shape index (κ2) is 2.65. The average Bonchev–Trinajstić information content (AvgIpc) is 3.01. The fourth-order valence-corrected chi connectivity index (χ4v) is 10.5. The topological polar surface area (TPSA) is 29.5 Å². The molecule has 0 spiro atoms. The molecule has 21 heavy (non-hydrogen) atoms. The minimum atomic E-state index is -0.307. The molecule has 2 heteroatoms. The molecule has 4 bridgehead atoms. The Morgan fingerprint density at radius 1 is 0.714 bits per heavy atom. The molecule has 0 heterocycles. The van der Waals surface area contributed by atoms with Gasteiger partial charge in [-0.2, -0.15) is 0 Å². The van der Waals surface area contributed by atoms with Gasteiger partial charge in [0.05, 0.1) is 17.3 Å². The Labute approximate surface area is 126 Å². The van der Waals surface area contributed by atoms with Crippen LogP contribution in [-0.4, -0.2) is 22.4 Å². The summed E-state index contributed by atoms with van der Waals surface area (Å²) in [4.78, 5) is 0. The highest BCUT2D eigenvalue weighted by Crippen LogP contribution is 2.94. The zero-order chi connectivity index (χ0) is 14.2. The van der Waals surface area contributed by atoms with E-state index in [1.54, 1.807) is 0 Å². The summed E-state index contributed by atoms with van der Waals surface area (Å²) in [6.07, 6.45) is 0.569. The van der Waals surface area contributed by atoms with Crippen LogP contribution in [0.3, 0.4) is 0 Å². The standard InChI is InChI=1S/C19H26O2/c1-18(2,3)21-17-13-5-6-10-12-8(14(6)17)7(13)11-9(5)15(10)19(4,20)16(11)12/h5-17,20H,1-4H3. The third kappa shape index (κ3) is 0.809. The van der Waals surface area contributed by atoms with Crippen LogP contribution >= 0.6 is 0 Å². The molecule has 8 unspecified atom stereocenters. The van der Waals surface area contributed by atoms with Crippen molar-refractivity contribution in [2.24, 2.45) is 71.0 Å². The first-order valence-corrected chi connectivity index (χ1v) is 9.24. The Morgan fingerprint density at radius 3 is 1.43 bits per heavy atom. The highest BCUT2D eigenvalue weighted by molar-refractivity contribution is 5.41. The molecule has 0 aromatic carbocycles. The van der Waals surface area contributed by atoms with E-state index in [0.717, 1.165) is 59.2 Å². The van der Waals surface area contributed by atoms with Crippen LogP contribution in [-0.2, 0) is 4.74 Å². The zero-order valence-electron chi connectivity index (χ0n) is 13.4. The normalized spacial score (nSPS) is 79.6. The monoisotopic (exact) mass is 286 g/mol. The molecule has 0 radical (unpaired) electrons. The van der Waals surface area contributed by atoms with Crippen molar-refractivity contribution in [1.29, 1.82) is 0 Å². The summed E-state index contributed by atoms with van der Waals surface area (Å²) in [7, 11) is 0. The lowest BCUT2D eigenvalue weighted by Crippen LogP contribution is -2.36. The molecule has 0 saturated heterocycles. The summed E-state index contributed by atoms with van der Waals surface area (Å²) in [5.74, 6) is 10.4. The van der Waals surface area contributed by atoms with E-state index in [1.807, 2.05) is 0 Å². The van der Waals surface area contributed by atoms with Gasteiger partial charge in [0.2, 0.25) is 0 Å². The molecule has 0 aromatic heterocycles. The minimum absolute atomic E-state index is 0.0114. The molecule has 8 fully saturated rings. The van der Waals surface area contributed by atoms with Gasteiger partial charge in [0.15, 0.2) is 0 Å². The minimum Gasteiger partial charge on any atom is -0.390 e. The van der Waals surface area contributed by atoms with Crippen LogP contribution in [0.4, 0.5) is 0 Å². The molecule has 8 atom stereocenters. The van der Waals surface area contributed by atoms with E-state index in [9.17, 15) is 5.11 Å². The van der Waals surface area contributed by atoms with Crippen LogP contribution in [0.1, 0.15) is 27.7 Å². The van der Waals surface area contributed by atoms with E-state index in [0.29, 0.717) is 17.9 Å². The van der Waals surface area contributed by atoms with Crippen molar-refractivity contribution >= 4 is 0 Å². The number of ether oxygens (including phenoxy) is 1. The van der Waals surface area contributed by atoms with Crippen molar-refractivity contribution in [1.82, 2.24) is 0 Å². The van der Waals surface area contributed by atoms with E-state index in [2.05, 4.69) is 27.7 Å². The maximum atomic E-state index is 11.2. The van der Waals surface area contributed by atoms with Crippen molar-refractivity contribution in [3.05, 3.63) is 0 Å². The molecule has 114 valence electrons. The van der Waals surface area contributed by atoms with Gasteiger partial charge < -0.3 is 9.84 Å². The molecule has 8 rings (SSSR count). The van der Waals surface area contributed by atoms with Crippen molar-refractivity contribution in [3.8, 4) is 0 Å². The maximum Gasteiger partial charge on any atom is 0.0687 e. The summed E-state index contributed by atoms with van der Waals surface area (Å²) < 4.78 is 6.62. The predicted molar refractivity (Wildman–Crippen MR) is 77.1 cm³/mol. The molecule has 8 saturated carbocycles. The maximum absolute atomic E-state index is 11.2. The molecule has 0 amide bonds. The lowest BCUT2D eigenvalue weighted by molar-refractivity contribution is -0.0908. The third-order valence-electron chi connectivity index (χ3n) is 9.59. The highest BCUT2D eigenvalue weighted by Gasteiger charge is 2.94. The molecular weight excluding hydrogens is 260 g/mol. The molecule has 8 aliphatic rings. The van der Waals surface area contributed by atoms with Crippen LogP contribution in [0.15, 0.2) is 0 Å². The van der Waals surface area contributed by atoms with Crippen LogP contribution in [0.2, 0.25) is 0 Å². The van der Waals surface area contributed by atoms with E-state index in [1.165, 1.54) is 0 Å². The Balaban J connectivity index is 1.42. The molecule has 0 aromatic rings. The van der Waals surface area contributed by atoms with Crippen molar-refractivity contribution in [3.63, 3.8) is 0 Å². The van der Waals surface area contributed by atoms with Crippen molar-refractivity contribution in [2.45, 2.75) is 45.0 Å². The van der Waals surface area contributed by atoms with Gasteiger partial charge in [-0.25, -0.2) is 0 Å². The van der Waals surface area contributed by atoms with E-state index in [-0.39, 0.29) is 11.2 Å². The fraction of sp³-hybridized carbons (Fsp3) is 1.00. The van der Waals surface area contributed by atoms with Gasteiger partial charge in [-0.15, -0.1) is 0 Å². The molecule has 0 aliphatic heterocycles. The van der Waals surface area contributed by atoms with Gasteiger partial charge in [-0.05, 0) is 98.7 Å². The molecular formula is C19H26O2. The lowest BCUT2D eigenvalue weighted by Gasteiger charge is -2.31. The zero-order valence-corrected chi connectivity index (χ0v) is 13.4. The first kappa shape index (κ1) is 11.5. The van der Waals surface area contributed by atoms with E-state index < -0.39 is 0 Å². The van der Waals surface area contributed by atoms with Gasteiger partial charge in [0.1, 0.15) is 0 Å². The van der Waals surface area contributed by atoms with Gasteiger partial charge in [-0.3, -0.25) is 0 Å². The largest absolute Gasteiger partial charge is 0.390 e. The van der Waals surface area contributed by atoms with Crippen molar-refractivity contribution < 1.29 is 9.84 Å². The van der Waals surface area contributed by atoms with Crippen LogP contribution in [0.5, 0.6) is 0 Å². The molecule has 1 N–H and O–H groups in total. The SMILES string of the molecule is CC(C)(C)OC1C2C3C4C1C1C2C2C3C3C4C1C2C3(C)O. The number of rotatable bonds is 1. The van der Waals surface area contributed by atoms with Crippen LogP contribution in [0, 0.1) is 71.0 Å².